The van der Waals surface area contributed by atoms with Gasteiger partial charge in [-0.15, -0.1) is 11.6 Å². The number of nitro benzene ring substituents is 1. The van der Waals surface area contributed by atoms with Gasteiger partial charge in [-0.3, -0.25) is 10.1 Å². The van der Waals surface area contributed by atoms with Crippen molar-refractivity contribution in [3.8, 4) is 5.75 Å². The molecule has 0 spiro atoms. The highest BCUT2D eigenvalue weighted by Crippen LogP contribution is 2.25. The second-order valence-corrected chi connectivity index (χ2v) is 3.91. The van der Waals surface area contributed by atoms with Crippen LogP contribution in [0.2, 0.25) is 0 Å². The van der Waals surface area contributed by atoms with Crippen LogP contribution < -0.4 is 4.74 Å². The number of non-ortho nitro benzene ring substituents is 1. The molecule has 0 bridgehead atoms. The SMILES string of the molecule is CCCOCCOc1ccc([N+](=O)[O-])cc1CCl. The summed E-state index contributed by atoms with van der Waals surface area (Å²) in [5, 5.41) is 10.6. The molecule has 6 heteroatoms. The van der Waals surface area contributed by atoms with Crippen LogP contribution in [0, 0.1) is 10.1 Å². The molecule has 1 rings (SSSR count). The molecule has 0 aromatic heterocycles. The molecule has 0 N–H and O–H groups in total. The van der Waals surface area contributed by atoms with Crippen LogP contribution in [0.1, 0.15) is 18.9 Å². The van der Waals surface area contributed by atoms with E-state index in [9.17, 15) is 10.1 Å². The Morgan fingerprint density at radius 3 is 2.72 bits per heavy atom. The summed E-state index contributed by atoms with van der Waals surface area (Å²) < 4.78 is 10.8. The number of hydrogen-bond donors (Lipinski definition) is 0. The van der Waals surface area contributed by atoms with E-state index in [4.69, 9.17) is 21.1 Å². The largest absolute Gasteiger partial charge is 0.491 e. The number of benzene rings is 1. The maximum atomic E-state index is 10.6. The molecule has 0 unspecified atom stereocenters. The Morgan fingerprint density at radius 2 is 2.11 bits per heavy atom. The highest BCUT2D eigenvalue weighted by Gasteiger charge is 2.10. The summed E-state index contributed by atoms with van der Waals surface area (Å²) >= 11 is 5.74. The molecule has 18 heavy (non-hydrogen) atoms. The first-order valence-corrected chi connectivity index (χ1v) is 6.26. The topological polar surface area (TPSA) is 61.6 Å². The first kappa shape index (κ1) is 14.7. The van der Waals surface area contributed by atoms with Crippen molar-refractivity contribution in [3.63, 3.8) is 0 Å². The number of nitrogens with zero attached hydrogens (tertiary/aromatic N) is 1. The fourth-order valence-electron chi connectivity index (χ4n) is 1.38. The van der Waals surface area contributed by atoms with E-state index >= 15 is 0 Å². The van der Waals surface area contributed by atoms with Gasteiger partial charge in [0.05, 0.1) is 17.4 Å². The van der Waals surface area contributed by atoms with Crippen LogP contribution in [0.3, 0.4) is 0 Å². The molecule has 0 aliphatic heterocycles. The molecule has 100 valence electrons. The lowest BCUT2D eigenvalue weighted by Crippen LogP contribution is -2.08. The minimum Gasteiger partial charge on any atom is -0.491 e. The van der Waals surface area contributed by atoms with Gasteiger partial charge in [-0.05, 0) is 12.5 Å². The lowest BCUT2D eigenvalue weighted by atomic mass is 10.2. The second-order valence-electron chi connectivity index (χ2n) is 3.64. The van der Waals surface area contributed by atoms with E-state index in [1.165, 1.54) is 12.1 Å². The Bertz CT molecular complexity index is 398. The maximum absolute atomic E-state index is 10.6. The molecule has 0 radical (unpaired) electrons. The summed E-state index contributed by atoms with van der Waals surface area (Å²) in [5.74, 6) is 0.739. The van der Waals surface area contributed by atoms with Gasteiger partial charge in [-0.1, -0.05) is 6.92 Å². The summed E-state index contributed by atoms with van der Waals surface area (Å²) in [7, 11) is 0. The first-order valence-electron chi connectivity index (χ1n) is 5.72. The molecule has 1 aromatic rings. The summed E-state index contributed by atoms with van der Waals surface area (Å²) in [4.78, 5) is 10.2. The molecular weight excluding hydrogens is 258 g/mol. The van der Waals surface area contributed by atoms with Gasteiger partial charge < -0.3 is 9.47 Å². The summed E-state index contributed by atoms with van der Waals surface area (Å²) in [6, 6.07) is 4.39. The van der Waals surface area contributed by atoms with Gasteiger partial charge >= 0.3 is 0 Å². The van der Waals surface area contributed by atoms with Crippen LogP contribution >= 0.6 is 11.6 Å². The zero-order valence-corrected chi connectivity index (χ0v) is 11.0. The number of ether oxygens (including phenoxy) is 2. The normalized spacial score (nSPS) is 10.3. The quantitative estimate of drug-likeness (QED) is 0.316. The highest BCUT2D eigenvalue weighted by atomic mass is 35.5. The molecule has 0 saturated heterocycles. The van der Waals surface area contributed by atoms with Crippen molar-refractivity contribution in [1.82, 2.24) is 0 Å². The molecule has 0 atom stereocenters. The van der Waals surface area contributed by atoms with Gasteiger partial charge in [-0.25, -0.2) is 0 Å². The van der Waals surface area contributed by atoms with E-state index in [2.05, 4.69) is 0 Å². The molecule has 0 aliphatic carbocycles. The van der Waals surface area contributed by atoms with Crippen LogP contribution in [0.25, 0.3) is 0 Å². The van der Waals surface area contributed by atoms with Crippen molar-refractivity contribution in [2.24, 2.45) is 0 Å². The lowest BCUT2D eigenvalue weighted by molar-refractivity contribution is -0.384. The highest BCUT2D eigenvalue weighted by molar-refractivity contribution is 6.17. The third kappa shape index (κ3) is 4.50. The third-order valence-corrected chi connectivity index (χ3v) is 2.52. The van der Waals surface area contributed by atoms with E-state index in [1.54, 1.807) is 6.07 Å². The Hall–Kier alpha value is -1.33. The Kier molecular flexibility index (Phi) is 6.46. The molecule has 0 aliphatic rings. The van der Waals surface area contributed by atoms with E-state index < -0.39 is 4.92 Å². The molecule has 0 saturated carbocycles. The predicted molar refractivity (Wildman–Crippen MR) is 69.3 cm³/mol. The third-order valence-electron chi connectivity index (χ3n) is 2.23. The van der Waals surface area contributed by atoms with E-state index in [0.29, 0.717) is 31.1 Å². The zero-order valence-electron chi connectivity index (χ0n) is 10.2. The number of nitro groups is 1. The van der Waals surface area contributed by atoms with E-state index in [1.807, 2.05) is 6.92 Å². The van der Waals surface area contributed by atoms with Crippen LogP contribution in [0.5, 0.6) is 5.75 Å². The van der Waals surface area contributed by atoms with Gasteiger partial charge in [0.1, 0.15) is 12.4 Å². The zero-order chi connectivity index (χ0) is 13.4. The summed E-state index contributed by atoms with van der Waals surface area (Å²) in [6.45, 7) is 3.63. The van der Waals surface area contributed by atoms with Gasteiger partial charge in [0.2, 0.25) is 0 Å². The van der Waals surface area contributed by atoms with Crippen molar-refractivity contribution < 1.29 is 14.4 Å². The van der Waals surface area contributed by atoms with Gasteiger partial charge in [0.25, 0.3) is 5.69 Å². The van der Waals surface area contributed by atoms with Crippen LogP contribution in [0.15, 0.2) is 18.2 Å². The Balaban J connectivity index is 2.57. The van der Waals surface area contributed by atoms with E-state index in [-0.39, 0.29) is 11.6 Å². The van der Waals surface area contributed by atoms with Gasteiger partial charge in [0, 0.05) is 24.3 Å². The average Bonchev–Trinajstić information content (AvgIpc) is 2.38. The standard InChI is InChI=1S/C12H16ClNO4/c1-2-5-17-6-7-18-12-4-3-11(14(15)16)8-10(12)9-13/h3-4,8H,2,5-7,9H2,1H3. The monoisotopic (exact) mass is 273 g/mol. The number of alkyl halides is 1. The average molecular weight is 274 g/mol. The molecular formula is C12H16ClNO4. The smallest absolute Gasteiger partial charge is 0.270 e. The van der Waals surface area contributed by atoms with Crippen molar-refractivity contribution in [2.75, 3.05) is 19.8 Å². The molecule has 1 aromatic carbocycles. The fourth-order valence-corrected chi connectivity index (χ4v) is 1.59. The van der Waals surface area contributed by atoms with Gasteiger partial charge in [-0.2, -0.15) is 0 Å². The summed E-state index contributed by atoms with van der Waals surface area (Å²) in [6.07, 6.45) is 0.963. The second kappa shape index (κ2) is 7.89. The first-order chi connectivity index (χ1) is 8.69. The maximum Gasteiger partial charge on any atom is 0.270 e. The Morgan fingerprint density at radius 1 is 1.33 bits per heavy atom. The molecule has 0 amide bonds. The van der Waals surface area contributed by atoms with Crippen LogP contribution in [0.4, 0.5) is 5.69 Å². The fraction of sp³-hybridized carbons (Fsp3) is 0.500. The van der Waals surface area contributed by atoms with Crippen LogP contribution in [-0.4, -0.2) is 24.7 Å². The van der Waals surface area contributed by atoms with Crippen molar-refractivity contribution in [1.29, 1.82) is 0 Å². The summed E-state index contributed by atoms with van der Waals surface area (Å²) in [5.41, 5.74) is 0.626. The van der Waals surface area contributed by atoms with Crippen LogP contribution in [-0.2, 0) is 10.6 Å². The lowest BCUT2D eigenvalue weighted by Gasteiger charge is -2.09. The molecule has 5 nitrogen and oxygen atoms in total. The number of halogens is 1. The predicted octanol–water partition coefficient (Wildman–Crippen LogP) is 3.14. The number of hydrogen-bond acceptors (Lipinski definition) is 4. The van der Waals surface area contributed by atoms with Crippen molar-refractivity contribution in [2.45, 2.75) is 19.2 Å². The minimum atomic E-state index is -0.454. The van der Waals surface area contributed by atoms with Gasteiger partial charge in [0.15, 0.2) is 0 Å². The van der Waals surface area contributed by atoms with E-state index in [0.717, 1.165) is 6.42 Å². The number of rotatable bonds is 8. The Labute approximate surface area is 111 Å². The van der Waals surface area contributed by atoms with Crippen molar-refractivity contribution >= 4 is 17.3 Å². The minimum absolute atomic E-state index is 0.0141. The molecule has 0 fully saturated rings. The van der Waals surface area contributed by atoms with Crippen molar-refractivity contribution in [3.05, 3.63) is 33.9 Å². The molecule has 0 heterocycles.